The van der Waals surface area contributed by atoms with Crippen LogP contribution in [0, 0.1) is 13.8 Å². The van der Waals surface area contributed by atoms with Crippen LogP contribution in [0.25, 0.3) is 0 Å². The lowest BCUT2D eigenvalue weighted by Gasteiger charge is -2.20. The van der Waals surface area contributed by atoms with Gasteiger partial charge in [-0.15, -0.1) is 0 Å². The zero-order valence-electron chi connectivity index (χ0n) is 12.1. The lowest BCUT2D eigenvalue weighted by molar-refractivity contribution is -0.127. The predicted octanol–water partition coefficient (Wildman–Crippen LogP) is 2.61. The van der Waals surface area contributed by atoms with Crippen molar-refractivity contribution in [2.24, 2.45) is 0 Å². The number of nitrogens with zero attached hydrogens (tertiary/aromatic N) is 3. The molecule has 19 heavy (non-hydrogen) atoms. The van der Waals surface area contributed by atoms with Crippen molar-refractivity contribution in [3.63, 3.8) is 0 Å². The quantitative estimate of drug-likeness (QED) is 0.456. The second kappa shape index (κ2) is 7.28. The molecule has 0 N–H and O–H groups in total. The van der Waals surface area contributed by atoms with Crippen LogP contribution in [-0.2, 0) is 4.79 Å². The third-order valence-corrected chi connectivity index (χ3v) is 3.31. The summed E-state index contributed by atoms with van der Waals surface area (Å²) in [7, 11) is 0. The van der Waals surface area contributed by atoms with Gasteiger partial charge in [-0.2, -0.15) is 0 Å². The fourth-order valence-electron chi connectivity index (χ4n) is 1.68. The second-order valence-electron chi connectivity index (χ2n) is 4.59. The van der Waals surface area contributed by atoms with Crippen LogP contribution in [0.1, 0.15) is 25.2 Å². The lowest BCUT2D eigenvalue weighted by Crippen LogP contribution is -2.33. The highest BCUT2D eigenvalue weighted by Crippen LogP contribution is 2.15. The van der Waals surface area contributed by atoms with E-state index in [4.69, 9.17) is 0 Å². The van der Waals surface area contributed by atoms with Gasteiger partial charge in [-0.05, 0) is 33.8 Å². The van der Waals surface area contributed by atoms with Gasteiger partial charge in [0, 0.05) is 24.5 Å². The van der Waals surface area contributed by atoms with Gasteiger partial charge in [0.05, 0.1) is 5.75 Å². The molecule has 104 valence electrons. The SMILES string of the molecule is C=C(C)CN(CC)C(=O)CSc1nc(C)cc(C)n1. The Morgan fingerprint density at radius 1 is 1.37 bits per heavy atom. The van der Waals surface area contributed by atoms with Gasteiger partial charge in [-0.25, -0.2) is 9.97 Å². The number of carbonyl (C=O) groups excluding carboxylic acids is 1. The normalized spacial score (nSPS) is 10.3. The molecule has 1 rings (SSSR count). The molecule has 0 aliphatic heterocycles. The van der Waals surface area contributed by atoms with Crippen LogP contribution in [0.2, 0.25) is 0 Å². The molecule has 0 aromatic carbocycles. The molecule has 5 heteroatoms. The largest absolute Gasteiger partial charge is 0.338 e. The summed E-state index contributed by atoms with van der Waals surface area (Å²) in [4.78, 5) is 22.5. The van der Waals surface area contributed by atoms with Crippen LogP contribution in [0.5, 0.6) is 0 Å². The molecule has 0 saturated heterocycles. The first-order valence-electron chi connectivity index (χ1n) is 6.29. The fraction of sp³-hybridized carbons (Fsp3) is 0.500. The number of hydrogen-bond acceptors (Lipinski definition) is 4. The van der Waals surface area contributed by atoms with Crippen molar-refractivity contribution in [3.8, 4) is 0 Å². The topological polar surface area (TPSA) is 46.1 Å². The summed E-state index contributed by atoms with van der Waals surface area (Å²) in [5.41, 5.74) is 2.84. The van der Waals surface area contributed by atoms with Crippen molar-refractivity contribution >= 4 is 17.7 Å². The van der Waals surface area contributed by atoms with Crippen molar-refractivity contribution in [1.29, 1.82) is 0 Å². The zero-order chi connectivity index (χ0) is 14.4. The number of thioether (sulfide) groups is 1. The van der Waals surface area contributed by atoms with Gasteiger partial charge in [0.2, 0.25) is 5.91 Å². The van der Waals surface area contributed by atoms with E-state index in [2.05, 4.69) is 16.5 Å². The van der Waals surface area contributed by atoms with Crippen LogP contribution in [0.15, 0.2) is 23.4 Å². The van der Waals surface area contributed by atoms with Crippen molar-refractivity contribution < 1.29 is 4.79 Å². The van der Waals surface area contributed by atoms with Crippen LogP contribution in [0.3, 0.4) is 0 Å². The molecule has 0 spiro atoms. The Bertz CT molecular complexity index is 454. The minimum absolute atomic E-state index is 0.0956. The smallest absolute Gasteiger partial charge is 0.233 e. The average Bonchev–Trinajstić information content (AvgIpc) is 2.31. The first-order valence-corrected chi connectivity index (χ1v) is 7.28. The van der Waals surface area contributed by atoms with Gasteiger partial charge in [-0.1, -0.05) is 23.9 Å². The molecular weight excluding hydrogens is 258 g/mol. The Kier molecular flexibility index (Phi) is 6.02. The number of hydrogen-bond donors (Lipinski definition) is 0. The van der Waals surface area contributed by atoms with E-state index in [0.29, 0.717) is 24.0 Å². The third kappa shape index (κ3) is 5.42. The minimum Gasteiger partial charge on any atom is -0.338 e. The summed E-state index contributed by atoms with van der Waals surface area (Å²) in [6.45, 7) is 12.9. The summed E-state index contributed by atoms with van der Waals surface area (Å²) in [5, 5.41) is 0.664. The Balaban J connectivity index is 2.59. The van der Waals surface area contributed by atoms with Crippen molar-refractivity contribution in [1.82, 2.24) is 14.9 Å². The maximum Gasteiger partial charge on any atom is 0.233 e. The van der Waals surface area contributed by atoms with E-state index >= 15 is 0 Å². The van der Waals surface area contributed by atoms with Crippen LogP contribution in [0.4, 0.5) is 0 Å². The average molecular weight is 279 g/mol. The summed E-state index contributed by atoms with van der Waals surface area (Å²) in [6.07, 6.45) is 0. The van der Waals surface area contributed by atoms with Gasteiger partial charge in [0.15, 0.2) is 5.16 Å². The molecule has 0 radical (unpaired) electrons. The Hall–Kier alpha value is -1.36. The van der Waals surface area contributed by atoms with Crippen molar-refractivity contribution in [2.45, 2.75) is 32.9 Å². The van der Waals surface area contributed by atoms with Crippen LogP contribution < -0.4 is 0 Å². The Morgan fingerprint density at radius 3 is 2.42 bits per heavy atom. The molecule has 0 bridgehead atoms. The predicted molar refractivity (Wildman–Crippen MR) is 79.3 cm³/mol. The highest BCUT2D eigenvalue weighted by atomic mass is 32.2. The first-order chi connectivity index (χ1) is 8.92. The lowest BCUT2D eigenvalue weighted by atomic mass is 10.3. The number of aromatic nitrogens is 2. The number of amides is 1. The third-order valence-electron chi connectivity index (χ3n) is 2.48. The maximum absolute atomic E-state index is 12.1. The number of carbonyl (C=O) groups is 1. The number of likely N-dealkylation sites (N-methyl/N-ethyl adjacent to an activating group) is 1. The Labute approximate surface area is 119 Å². The highest BCUT2D eigenvalue weighted by molar-refractivity contribution is 7.99. The highest BCUT2D eigenvalue weighted by Gasteiger charge is 2.13. The summed E-state index contributed by atoms with van der Waals surface area (Å²) < 4.78 is 0. The van der Waals surface area contributed by atoms with E-state index in [1.54, 1.807) is 4.90 Å². The second-order valence-corrected chi connectivity index (χ2v) is 5.53. The van der Waals surface area contributed by atoms with E-state index < -0.39 is 0 Å². The van der Waals surface area contributed by atoms with E-state index in [1.165, 1.54) is 11.8 Å². The molecule has 0 aliphatic rings. The molecule has 1 aromatic heterocycles. The maximum atomic E-state index is 12.1. The van der Waals surface area contributed by atoms with E-state index in [9.17, 15) is 4.79 Å². The Morgan fingerprint density at radius 2 is 1.95 bits per heavy atom. The molecular formula is C14H21N3OS. The van der Waals surface area contributed by atoms with E-state index in [1.807, 2.05) is 33.8 Å². The molecule has 0 fully saturated rings. The number of aryl methyl sites for hydroxylation is 2. The van der Waals surface area contributed by atoms with Gasteiger partial charge in [0.1, 0.15) is 0 Å². The van der Waals surface area contributed by atoms with Crippen molar-refractivity contribution in [2.75, 3.05) is 18.8 Å². The summed E-state index contributed by atoms with van der Waals surface area (Å²) >= 11 is 1.38. The first kappa shape index (κ1) is 15.7. The van der Waals surface area contributed by atoms with Gasteiger partial charge < -0.3 is 4.90 Å². The summed E-state index contributed by atoms with van der Waals surface area (Å²) in [6, 6.07) is 1.92. The number of rotatable bonds is 6. The molecule has 0 aliphatic carbocycles. The molecule has 0 unspecified atom stereocenters. The molecule has 1 amide bonds. The molecule has 0 atom stereocenters. The van der Waals surface area contributed by atoms with Gasteiger partial charge in [-0.3, -0.25) is 4.79 Å². The molecule has 1 heterocycles. The van der Waals surface area contributed by atoms with E-state index in [0.717, 1.165) is 17.0 Å². The van der Waals surface area contributed by atoms with Crippen LogP contribution >= 0.6 is 11.8 Å². The standard InChI is InChI=1S/C14H21N3OS/c1-6-17(8-10(2)3)13(18)9-19-14-15-11(4)7-12(5)16-14/h7H,2,6,8-9H2,1,3-5H3. The fourth-order valence-corrected chi connectivity index (χ4v) is 2.53. The van der Waals surface area contributed by atoms with Gasteiger partial charge >= 0.3 is 0 Å². The monoisotopic (exact) mass is 279 g/mol. The molecule has 0 saturated carbocycles. The molecule has 4 nitrogen and oxygen atoms in total. The zero-order valence-corrected chi connectivity index (χ0v) is 12.9. The summed E-state index contributed by atoms with van der Waals surface area (Å²) in [5.74, 6) is 0.461. The minimum atomic E-state index is 0.0956. The van der Waals surface area contributed by atoms with Crippen molar-refractivity contribution in [3.05, 3.63) is 29.6 Å². The van der Waals surface area contributed by atoms with E-state index in [-0.39, 0.29) is 5.91 Å². The molecule has 1 aromatic rings. The van der Waals surface area contributed by atoms with Crippen LogP contribution in [-0.4, -0.2) is 39.6 Å². The van der Waals surface area contributed by atoms with Gasteiger partial charge in [0.25, 0.3) is 0 Å².